The molecule has 1 saturated carbocycles. The van der Waals surface area contributed by atoms with E-state index >= 15 is 0 Å². The van der Waals surface area contributed by atoms with Crippen LogP contribution < -0.4 is 11.1 Å². The van der Waals surface area contributed by atoms with Crippen LogP contribution in [0.5, 0.6) is 0 Å². The highest BCUT2D eigenvalue weighted by Gasteiger charge is 2.27. The highest BCUT2D eigenvalue weighted by molar-refractivity contribution is 5.78. The molecule has 1 aliphatic carbocycles. The van der Waals surface area contributed by atoms with Crippen LogP contribution in [0.3, 0.4) is 0 Å². The van der Waals surface area contributed by atoms with E-state index in [1.54, 1.807) is 6.20 Å². The minimum atomic E-state index is 0.0405. The van der Waals surface area contributed by atoms with Crippen LogP contribution in [0.4, 0.5) is 0 Å². The minimum Gasteiger partial charge on any atom is -0.353 e. The van der Waals surface area contributed by atoms with E-state index in [0.29, 0.717) is 6.42 Å². The lowest BCUT2D eigenvalue weighted by molar-refractivity contribution is -0.121. The second-order valence-electron chi connectivity index (χ2n) is 4.44. The van der Waals surface area contributed by atoms with Crippen molar-refractivity contribution < 1.29 is 4.79 Å². The highest BCUT2D eigenvalue weighted by Crippen LogP contribution is 2.17. The molecule has 4 heteroatoms. The number of amides is 1. The summed E-state index contributed by atoms with van der Waals surface area (Å²) in [5, 5.41) is 2.96. The fourth-order valence-electron chi connectivity index (χ4n) is 1.91. The number of nitrogens with zero attached hydrogens (tertiary/aromatic N) is 1. The fourth-order valence-corrected chi connectivity index (χ4v) is 1.91. The molecule has 1 heterocycles. The Morgan fingerprint density at radius 2 is 2.38 bits per heavy atom. The molecular weight excluding hydrogens is 202 g/mol. The maximum absolute atomic E-state index is 11.7. The third kappa shape index (κ3) is 2.58. The molecule has 1 aromatic heterocycles. The second kappa shape index (κ2) is 4.61. The lowest BCUT2D eigenvalue weighted by atomic mass is 9.87. The summed E-state index contributed by atoms with van der Waals surface area (Å²) in [7, 11) is 0. The van der Waals surface area contributed by atoms with Crippen LogP contribution >= 0.6 is 0 Å². The summed E-state index contributed by atoms with van der Waals surface area (Å²) in [6, 6.07) is 4.38. The topological polar surface area (TPSA) is 68.0 Å². The van der Waals surface area contributed by atoms with Crippen molar-refractivity contribution in [3.63, 3.8) is 0 Å². The van der Waals surface area contributed by atoms with Crippen molar-refractivity contribution in [2.24, 2.45) is 5.73 Å². The predicted octanol–water partition coefficient (Wildman–Crippen LogP) is 0.538. The molecule has 0 aliphatic heterocycles. The second-order valence-corrected chi connectivity index (χ2v) is 4.44. The van der Waals surface area contributed by atoms with Gasteiger partial charge in [-0.15, -0.1) is 0 Å². The Balaban J connectivity index is 1.85. The van der Waals surface area contributed by atoms with Crippen molar-refractivity contribution in [3.05, 3.63) is 29.6 Å². The number of nitrogens with one attached hydrogen (secondary N) is 1. The first-order chi connectivity index (χ1) is 7.65. The third-order valence-electron chi connectivity index (χ3n) is 2.99. The Labute approximate surface area is 95.3 Å². The quantitative estimate of drug-likeness (QED) is 0.779. The van der Waals surface area contributed by atoms with Crippen molar-refractivity contribution in [1.29, 1.82) is 0 Å². The minimum absolute atomic E-state index is 0.0405. The van der Waals surface area contributed by atoms with E-state index in [-0.39, 0.29) is 18.0 Å². The summed E-state index contributed by atoms with van der Waals surface area (Å²) in [6.07, 6.45) is 3.87. The Morgan fingerprint density at radius 3 is 3.00 bits per heavy atom. The molecule has 3 N–H and O–H groups in total. The number of hydrogen-bond acceptors (Lipinski definition) is 3. The lowest BCUT2D eigenvalue weighted by Crippen LogP contribution is -2.50. The maximum atomic E-state index is 11.7. The van der Waals surface area contributed by atoms with Crippen LogP contribution in [0.15, 0.2) is 18.3 Å². The molecule has 86 valence electrons. The number of aromatic nitrogens is 1. The van der Waals surface area contributed by atoms with Crippen LogP contribution in [0.25, 0.3) is 0 Å². The molecule has 0 spiro atoms. The van der Waals surface area contributed by atoms with E-state index in [9.17, 15) is 4.79 Å². The molecule has 0 bridgehead atoms. The Kier molecular flexibility index (Phi) is 3.19. The molecule has 0 radical (unpaired) electrons. The first kappa shape index (κ1) is 11.1. The van der Waals surface area contributed by atoms with Gasteiger partial charge < -0.3 is 11.1 Å². The van der Waals surface area contributed by atoms with Crippen molar-refractivity contribution in [2.75, 3.05) is 0 Å². The standard InChI is InChI=1S/C12H17N3O/c1-8-3-2-4-14-11(8)7-12(16)15-10-5-9(13)6-10/h2-4,9-10H,5-7,13H2,1H3,(H,15,16). The average molecular weight is 219 g/mol. The largest absolute Gasteiger partial charge is 0.353 e. The van der Waals surface area contributed by atoms with E-state index < -0.39 is 0 Å². The summed E-state index contributed by atoms with van der Waals surface area (Å²) in [6.45, 7) is 1.97. The smallest absolute Gasteiger partial charge is 0.226 e. The maximum Gasteiger partial charge on any atom is 0.226 e. The van der Waals surface area contributed by atoms with Gasteiger partial charge in [0.2, 0.25) is 5.91 Å². The van der Waals surface area contributed by atoms with Gasteiger partial charge in [-0.3, -0.25) is 9.78 Å². The summed E-state index contributed by atoms with van der Waals surface area (Å²) in [4.78, 5) is 15.9. The number of pyridine rings is 1. The first-order valence-corrected chi connectivity index (χ1v) is 5.60. The average Bonchev–Trinajstić information content (AvgIpc) is 2.19. The monoisotopic (exact) mass is 219 g/mol. The lowest BCUT2D eigenvalue weighted by Gasteiger charge is -2.32. The van der Waals surface area contributed by atoms with Gasteiger partial charge in [0.05, 0.1) is 12.1 Å². The number of carbonyl (C=O) groups excluding carboxylic acids is 1. The highest BCUT2D eigenvalue weighted by atomic mass is 16.1. The van der Waals surface area contributed by atoms with Gasteiger partial charge in [0, 0.05) is 18.3 Å². The molecule has 0 atom stereocenters. The zero-order valence-corrected chi connectivity index (χ0v) is 9.44. The number of nitrogens with two attached hydrogens (primary N) is 1. The molecule has 16 heavy (non-hydrogen) atoms. The van der Waals surface area contributed by atoms with E-state index in [1.807, 2.05) is 19.1 Å². The summed E-state index contributed by atoms with van der Waals surface area (Å²) >= 11 is 0. The van der Waals surface area contributed by atoms with Crippen LogP contribution in [-0.4, -0.2) is 23.0 Å². The molecule has 2 rings (SSSR count). The van der Waals surface area contributed by atoms with Gasteiger partial charge in [-0.2, -0.15) is 0 Å². The van der Waals surface area contributed by atoms with Gasteiger partial charge >= 0.3 is 0 Å². The van der Waals surface area contributed by atoms with Gasteiger partial charge in [0.25, 0.3) is 0 Å². The van der Waals surface area contributed by atoms with Crippen LogP contribution in [-0.2, 0) is 11.2 Å². The molecule has 1 aromatic rings. The van der Waals surface area contributed by atoms with Crippen molar-refractivity contribution in [2.45, 2.75) is 38.3 Å². The van der Waals surface area contributed by atoms with E-state index in [4.69, 9.17) is 5.73 Å². The fraction of sp³-hybridized carbons (Fsp3) is 0.500. The molecule has 1 fully saturated rings. The number of hydrogen-bond donors (Lipinski definition) is 2. The zero-order valence-electron chi connectivity index (χ0n) is 9.44. The van der Waals surface area contributed by atoms with E-state index in [0.717, 1.165) is 24.1 Å². The van der Waals surface area contributed by atoms with Gasteiger partial charge in [-0.25, -0.2) is 0 Å². The number of carbonyl (C=O) groups is 1. The van der Waals surface area contributed by atoms with Crippen LogP contribution in [0.2, 0.25) is 0 Å². The van der Waals surface area contributed by atoms with Gasteiger partial charge in [-0.05, 0) is 31.4 Å². The number of aryl methyl sites for hydroxylation is 1. The van der Waals surface area contributed by atoms with E-state index in [2.05, 4.69) is 10.3 Å². The molecular formula is C12H17N3O. The summed E-state index contributed by atoms with van der Waals surface area (Å²) in [5.74, 6) is 0.0405. The normalized spacial score (nSPS) is 23.6. The van der Waals surface area contributed by atoms with E-state index in [1.165, 1.54) is 0 Å². The zero-order chi connectivity index (χ0) is 11.5. The van der Waals surface area contributed by atoms with Crippen LogP contribution in [0, 0.1) is 6.92 Å². The molecule has 1 amide bonds. The van der Waals surface area contributed by atoms with Gasteiger partial charge in [0.1, 0.15) is 0 Å². The predicted molar refractivity (Wildman–Crippen MR) is 61.8 cm³/mol. The van der Waals surface area contributed by atoms with Crippen molar-refractivity contribution >= 4 is 5.91 Å². The summed E-state index contributed by atoms with van der Waals surface area (Å²) < 4.78 is 0. The Morgan fingerprint density at radius 1 is 1.62 bits per heavy atom. The molecule has 0 saturated heterocycles. The van der Waals surface area contributed by atoms with Gasteiger partial charge in [0.15, 0.2) is 0 Å². The Hall–Kier alpha value is -1.42. The Bertz CT molecular complexity index is 386. The molecule has 0 aromatic carbocycles. The first-order valence-electron chi connectivity index (χ1n) is 5.60. The van der Waals surface area contributed by atoms with Crippen molar-refractivity contribution in [3.8, 4) is 0 Å². The molecule has 1 aliphatic rings. The SMILES string of the molecule is Cc1cccnc1CC(=O)NC1CC(N)C1. The number of rotatable bonds is 3. The van der Waals surface area contributed by atoms with Crippen LogP contribution in [0.1, 0.15) is 24.1 Å². The summed E-state index contributed by atoms with van der Waals surface area (Å²) in [5.41, 5.74) is 7.57. The molecule has 4 nitrogen and oxygen atoms in total. The molecule has 0 unspecified atom stereocenters. The van der Waals surface area contributed by atoms with Gasteiger partial charge in [-0.1, -0.05) is 6.07 Å². The van der Waals surface area contributed by atoms with Crippen molar-refractivity contribution in [1.82, 2.24) is 10.3 Å². The third-order valence-corrected chi connectivity index (χ3v) is 2.99.